The van der Waals surface area contributed by atoms with Crippen molar-refractivity contribution in [2.45, 2.75) is 39.0 Å². The minimum absolute atomic E-state index is 0.0960. The number of likely N-dealkylation sites (N-methyl/N-ethyl adjacent to an activating group) is 1. The molecule has 2 aromatic carbocycles. The number of halogens is 1. The number of benzene rings is 2. The van der Waals surface area contributed by atoms with Crippen LogP contribution in [0.1, 0.15) is 28.9 Å². The van der Waals surface area contributed by atoms with Crippen LogP contribution in [0, 0.1) is 19.7 Å². The number of carbonyl (C=O) groups is 1. The van der Waals surface area contributed by atoms with Gasteiger partial charge in [-0.05, 0) is 62.4 Å². The van der Waals surface area contributed by atoms with Crippen molar-refractivity contribution >= 4 is 5.91 Å². The first-order chi connectivity index (χ1) is 19.3. The number of piperazine rings is 1. The Morgan fingerprint density at radius 2 is 1.70 bits per heavy atom. The van der Waals surface area contributed by atoms with Crippen LogP contribution in [0.25, 0.3) is 0 Å². The van der Waals surface area contributed by atoms with Crippen molar-refractivity contribution < 1.29 is 18.7 Å². The molecule has 40 heavy (non-hydrogen) atoms. The lowest BCUT2D eigenvalue weighted by atomic mass is 9.96. The van der Waals surface area contributed by atoms with Crippen molar-refractivity contribution in [3.8, 4) is 5.75 Å². The number of nitrogens with zero attached hydrogens (tertiary/aromatic N) is 4. The summed E-state index contributed by atoms with van der Waals surface area (Å²) >= 11 is 0. The fourth-order valence-electron chi connectivity index (χ4n) is 5.78. The molecular formula is C32H41FN4O3. The summed E-state index contributed by atoms with van der Waals surface area (Å²) in [5, 5.41) is 0. The lowest BCUT2D eigenvalue weighted by Gasteiger charge is -2.43. The molecule has 2 saturated heterocycles. The number of aryl methyl sites for hydroxylation is 1. The van der Waals surface area contributed by atoms with E-state index >= 15 is 0 Å². The molecule has 3 aromatic rings. The van der Waals surface area contributed by atoms with Crippen molar-refractivity contribution in [2.75, 3.05) is 59.5 Å². The molecule has 0 unspecified atom stereocenters. The molecule has 0 spiro atoms. The maximum absolute atomic E-state index is 13.5. The van der Waals surface area contributed by atoms with Gasteiger partial charge in [-0.15, -0.1) is 0 Å². The molecule has 1 aromatic heterocycles. The van der Waals surface area contributed by atoms with Crippen LogP contribution >= 0.6 is 0 Å². The van der Waals surface area contributed by atoms with Crippen LogP contribution < -0.4 is 4.74 Å². The van der Waals surface area contributed by atoms with E-state index in [1.165, 1.54) is 34.6 Å². The second kappa shape index (κ2) is 12.5. The van der Waals surface area contributed by atoms with Crippen LogP contribution in [-0.2, 0) is 22.6 Å². The summed E-state index contributed by atoms with van der Waals surface area (Å²) in [6.45, 7) is 11.3. The number of rotatable bonds is 9. The normalized spacial score (nSPS) is 20.6. The van der Waals surface area contributed by atoms with Crippen LogP contribution in [-0.4, -0.2) is 90.3 Å². The van der Waals surface area contributed by atoms with Crippen molar-refractivity contribution in [2.24, 2.45) is 0 Å². The third-order valence-corrected chi connectivity index (χ3v) is 8.23. The summed E-state index contributed by atoms with van der Waals surface area (Å²) in [4.78, 5) is 20.0. The average Bonchev–Trinajstić information content (AvgIpc) is 3.21. The highest BCUT2D eigenvalue weighted by Crippen LogP contribution is 2.28. The molecule has 0 N–H and O–H groups in total. The van der Waals surface area contributed by atoms with E-state index in [9.17, 15) is 9.18 Å². The predicted molar refractivity (Wildman–Crippen MR) is 154 cm³/mol. The van der Waals surface area contributed by atoms with Crippen molar-refractivity contribution in [1.29, 1.82) is 0 Å². The van der Waals surface area contributed by atoms with E-state index in [1.54, 1.807) is 12.1 Å². The van der Waals surface area contributed by atoms with E-state index in [4.69, 9.17) is 9.47 Å². The Labute approximate surface area is 237 Å². The molecule has 214 valence electrons. The molecule has 1 amide bonds. The minimum atomic E-state index is -0.789. The van der Waals surface area contributed by atoms with Crippen LogP contribution in [0.5, 0.6) is 5.75 Å². The summed E-state index contributed by atoms with van der Waals surface area (Å²) in [7, 11) is 2.08. The summed E-state index contributed by atoms with van der Waals surface area (Å²) in [5.74, 6) is 0.356. The fourth-order valence-corrected chi connectivity index (χ4v) is 5.78. The van der Waals surface area contributed by atoms with Gasteiger partial charge < -0.3 is 23.8 Å². The molecule has 0 bridgehead atoms. The first-order valence-electron chi connectivity index (χ1n) is 14.2. The van der Waals surface area contributed by atoms with Gasteiger partial charge in [-0.2, -0.15) is 0 Å². The van der Waals surface area contributed by atoms with Gasteiger partial charge in [-0.1, -0.05) is 30.3 Å². The van der Waals surface area contributed by atoms with E-state index in [2.05, 4.69) is 65.6 Å². The lowest BCUT2D eigenvalue weighted by Crippen LogP contribution is -2.58. The predicted octanol–water partition coefficient (Wildman–Crippen LogP) is 4.11. The van der Waals surface area contributed by atoms with Gasteiger partial charge in [-0.25, -0.2) is 4.39 Å². The zero-order chi connectivity index (χ0) is 28.1. The van der Waals surface area contributed by atoms with Gasteiger partial charge in [0.2, 0.25) is 5.91 Å². The number of aromatic nitrogens is 1. The molecule has 5 rings (SSSR count). The monoisotopic (exact) mass is 548 g/mol. The minimum Gasteiger partial charge on any atom is -0.491 e. The third-order valence-electron chi connectivity index (χ3n) is 8.23. The van der Waals surface area contributed by atoms with Gasteiger partial charge in [0, 0.05) is 63.7 Å². The lowest BCUT2D eigenvalue weighted by molar-refractivity contribution is -0.157. The highest BCUT2D eigenvalue weighted by atomic mass is 19.1. The van der Waals surface area contributed by atoms with Gasteiger partial charge >= 0.3 is 0 Å². The quantitative estimate of drug-likeness (QED) is 0.403. The second-order valence-corrected chi connectivity index (χ2v) is 11.3. The summed E-state index contributed by atoms with van der Waals surface area (Å²) in [5.41, 5.74) is 4.27. The Morgan fingerprint density at radius 1 is 0.975 bits per heavy atom. The van der Waals surface area contributed by atoms with E-state index in [-0.39, 0.29) is 24.8 Å². The first-order valence-corrected chi connectivity index (χ1v) is 14.2. The maximum Gasteiger partial charge on any atom is 0.225 e. The average molecular weight is 549 g/mol. The van der Waals surface area contributed by atoms with Crippen LogP contribution in [0.3, 0.4) is 0 Å². The Hall–Kier alpha value is -3.20. The largest absolute Gasteiger partial charge is 0.491 e. The number of hydrogen-bond donors (Lipinski definition) is 0. The van der Waals surface area contributed by atoms with Gasteiger partial charge in [0.05, 0.1) is 13.0 Å². The molecule has 0 saturated carbocycles. The number of ether oxygens (including phenoxy) is 2. The molecule has 7 nitrogen and oxygen atoms in total. The number of amides is 1. The second-order valence-electron chi connectivity index (χ2n) is 11.3. The van der Waals surface area contributed by atoms with Crippen molar-refractivity contribution in [1.82, 2.24) is 19.3 Å². The van der Waals surface area contributed by atoms with Crippen LogP contribution in [0.4, 0.5) is 4.39 Å². The Balaban J connectivity index is 1.31. The summed E-state index contributed by atoms with van der Waals surface area (Å²) in [6, 6.07) is 18.8. The molecule has 3 heterocycles. The van der Waals surface area contributed by atoms with Crippen molar-refractivity contribution in [3.05, 3.63) is 89.0 Å². The number of hydrogen-bond acceptors (Lipinski definition) is 5. The maximum atomic E-state index is 13.5. The third kappa shape index (κ3) is 6.92. The van der Waals surface area contributed by atoms with E-state index in [0.29, 0.717) is 18.9 Å². The van der Waals surface area contributed by atoms with E-state index in [0.717, 1.165) is 45.8 Å². The van der Waals surface area contributed by atoms with E-state index < -0.39 is 5.60 Å². The highest BCUT2D eigenvalue weighted by molar-refractivity contribution is 5.77. The fraction of sp³-hybridized carbons (Fsp3) is 0.469. The van der Waals surface area contributed by atoms with Crippen molar-refractivity contribution in [3.63, 3.8) is 0 Å². The van der Waals surface area contributed by atoms with Gasteiger partial charge in [0.25, 0.3) is 0 Å². The first kappa shape index (κ1) is 28.3. The Bertz CT molecular complexity index is 1270. The zero-order valence-electron chi connectivity index (χ0n) is 23.9. The number of carbonyl (C=O) groups excluding carboxylic acids is 1. The molecule has 8 heteroatoms. The number of morpholine rings is 1. The standard InChI is InChI=1S/C32H41FN4O3/c1-25-19-28(26(2)37(25)21-27-7-5-4-6-8-27)22-35-17-18-40-32(23-35,24-39-30-11-9-29(33)10-12-30)20-31(38)36-15-13-34(3)14-16-36/h4-12,19H,13-18,20-24H2,1-3H3/t32-/m1/s1. The summed E-state index contributed by atoms with van der Waals surface area (Å²) < 4.78 is 28.3. The summed E-state index contributed by atoms with van der Waals surface area (Å²) in [6.07, 6.45) is 0.251. The molecule has 0 aliphatic carbocycles. The zero-order valence-corrected chi connectivity index (χ0v) is 23.9. The molecule has 2 aliphatic heterocycles. The Morgan fingerprint density at radius 3 is 2.42 bits per heavy atom. The van der Waals surface area contributed by atoms with Gasteiger partial charge in [0.1, 0.15) is 23.8 Å². The molecule has 2 aliphatic rings. The van der Waals surface area contributed by atoms with Gasteiger partial charge in [-0.3, -0.25) is 9.69 Å². The van der Waals surface area contributed by atoms with Crippen LogP contribution in [0.2, 0.25) is 0 Å². The molecular weight excluding hydrogens is 507 g/mol. The SMILES string of the molecule is Cc1cc(CN2CCO[C@](COc3ccc(F)cc3)(CC(=O)N3CCN(C)CC3)C2)c(C)n1Cc1ccccc1. The molecule has 0 radical (unpaired) electrons. The highest BCUT2D eigenvalue weighted by Gasteiger charge is 2.41. The Kier molecular flexibility index (Phi) is 8.88. The van der Waals surface area contributed by atoms with Crippen LogP contribution in [0.15, 0.2) is 60.7 Å². The van der Waals surface area contributed by atoms with E-state index in [1.807, 2.05) is 11.0 Å². The molecule has 1 atom stereocenters. The van der Waals surface area contributed by atoms with Gasteiger partial charge in [0.15, 0.2) is 0 Å². The molecule has 2 fully saturated rings. The topological polar surface area (TPSA) is 50.2 Å². The smallest absolute Gasteiger partial charge is 0.225 e.